The molecule has 0 aliphatic rings. The van der Waals surface area contributed by atoms with E-state index in [0.717, 1.165) is 0 Å². The summed E-state index contributed by atoms with van der Waals surface area (Å²) in [5, 5.41) is 0. The Hall–Kier alpha value is -1.23. The molecule has 19 heavy (non-hydrogen) atoms. The minimum atomic E-state index is -6.31. The Bertz CT molecular complexity index is 334. The van der Waals surface area contributed by atoms with Gasteiger partial charge in [0.25, 0.3) is 6.43 Å². The topological polar surface area (TPSA) is 9.23 Å². The van der Waals surface area contributed by atoms with Crippen LogP contribution < -0.4 is 0 Å². The Kier molecular flexibility index (Phi) is 5.44. The summed E-state index contributed by atoms with van der Waals surface area (Å²) < 4.78 is 135. The van der Waals surface area contributed by atoms with E-state index >= 15 is 0 Å². The summed E-state index contributed by atoms with van der Waals surface area (Å²) in [6.45, 7) is 0. The first-order chi connectivity index (χ1) is 8.35. The Balaban J connectivity index is 5.20. The standard InChI is InChI=1S/C7H3F11O/c8-1(2(9)10)6(15,16)7(17,18)5(14)19-4(13)3(11)12/h1-2,5H. The summed E-state index contributed by atoms with van der Waals surface area (Å²) in [6, 6.07) is -3.27. The Labute approximate surface area is 97.2 Å². The highest BCUT2D eigenvalue weighted by Gasteiger charge is 2.70. The van der Waals surface area contributed by atoms with E-state index in [1.807, 2.05) is 0 Å². The molecule has 0 radical (unpaired) electrons. The van der Waals surface area contributed by atoms with Crippen molar-refractivity contribution in [1.82, 2.24) is 0 Å². The van der Waals surface area contributed by atoms with Crippen LogP contribution in [0.2, 0.25) is 0 Å². The van der Waals surface area contributed by atoms with Crippen LogP contribution in [-0.4, -0.2) is 30.8 Å². The average molecular weight is 312 g/mol. The molecular weight excluding hydrogens is 309 g/mol. The van der Waals surface area contributed by atoms with Crippen LogP contribution in [0.15, 0.2) is 12.1 Å². The third kappa shape index (κ3) is 3.62. The van der Waals surface area contributed by atoms with E-state index in [2.05, 4.69) is 4.74 Å². The van der Waals surface area contributed by atoms with Crippen LogP contribution in [0.3, 0.4) is 0 Å². The molecule has 0 amide bonds. The summed E-state index contributed by atoms with van der Waals surface area (Å²) >= 11 is 0. The van der Waals surface area contributed by atoms with Crippen molar-refractivity contribution in [3.05, 3.63) is 12.1 Å². The van der Waals surface area contributed by atoms with Gasteiger partial charge in [-0.25, -0.2) is 13.2 Å². The Morgan fingerprint density at radius 2 is 1.21 bits per heavy atom. The van der Waals surface area contributed by atoms with E-state index in [-0.39, 0.29) is 0 Å². The molecule has 0 aromatic carbocycles. The zero-order chi connectivity index (χ0) is 15.6. The third-order valence-electron chi connectivity index (χ3n) is 1.65. The van der Waals surface area contributed by atoms with Crippen molar-refractivity contribution < 1.29 is 53.0 Å². The Morgan fingerprint density at radius 1 is 0.789 bits per heavy atom. The fraction of sp³-hybridized carbons (Fsp3) is 0.714. The lowest BCUT2D eigenvalue weighted by atomic mass is 10.1. The predicted octanol–water partition coefficient (Wildman–Crippen LogP) is 4.21. The summed E-state index contributed by atoms with van der Waals surface area (Å²) in [7, 11) is 0. The van der Waals surface area contributed by atoms with Crippen molar-refractivity contribution in [2.75, 3.05) is 0 Å². The van der Waals surface area contributed by atoms with Crippen LogP contribution in [-0.2, 0) is 4.74 Å². The summed E-state index contributed by atoms with van der Waals surface area (Å²) in [4.78, 5) is 0. The lowest BCUT2D eigenvalue weighted by Gasteiger charge is -2.30. The monoisotopic (exact) mass is 312 g/mol. The largest absolute Gasteiger partial charge is 0.425 e. The van der Waals surface area contributed by atoms with E-state index in [1.165, 1.54) is 0 Å². The molecule has 0 aromatic rings. The van der Waals surface area contributed by atoms with Gasteiger partial charge in [-0.2, -0.15) is 35.1 Å². The molecule has 12 heteroatoms. The molecule has 0 heterocycles. The van der Waals surface area contributed by atoms with Crippen LogP contribution in [0.5, 0.6) is 0 Å². The number of ether oxygens (including phenoxy) is 1. The molecule has 0 rings (SSSR count). The quantitative estimate of drug-likeness (QED) is 0.527. The highest BCUT2D eigenvalue weighted by atomic mass is 19.3. The molecule has 0 bridgehead atoms. The minimum absolute atomic E-state index is 2.45. The first-order valence-corrected chi connectivity index (χ1v) is 4.05. The smallest absolute Gasteiger partial charge is 0.378 e. The van der Waals surface area contributed by atoms with Gasteiger partial charge in [0.05, 0.1) is 0 Å². The van der Waals surface area contributed by atoms with Crippen LogP contribution in [0.4, 0.5) is 48.3 Å². The van der Waals surface area contributed by atoms with Crippen LogP contribution in [0.1, 0.15) is 0 Å². The van der Waals surface area contributed by atoms with Gasteiger partial charge in [0, 0.05) is 0 Å². The second-order valence-corrected chi connectivity index (χ2v) is 2.95. The average Bonchev–Trinajstić information content (AvgIpc) is 2.26. The minimum Gasteiger partial charge on any atom is -0.425 e. The van der Waals surface area contributed by atoms with Crippen molar-refractivity contribution in [3.8, 4) is 0 Å². The van der Waals surface area contributed by atoms with E-state index in [0.29, 0.717) is 0 Å². The molecule has 0 aromatic heterocycles. The zero-order valence-electron chi connectivity index (χ0n) is 8.30. The highest BCUT2D eigenvalue weighted by molar-refractivity contribution is 4.96. The van der Waals surface area contributed by atoms with Gasteiger partial charge >= 0.3 is 30.3 Å². The van der Waals surface area contributed by atoms with Gasteiger partial charge in [-0.3, -0.25) is 0 Å². The van der Waals surface area contributed by atoms with E-state index in [1.54, 1.807) is 0 Å². The van der Waals surface area contributed by atoms with Gasteiger partial charge in [-0.1, -0.05) is 0 Å². The second kappa shape index (κ2) is 5.82. The third-order valence-corrected chi connectivity index (χ3v) is 1.65. The van der Waals surface area contributed by atoms with Crippen molar-refractivity contribution in [2.45, 2.75) is 30.8 Å². The summed E-state index contributed by atoms with van der Waals surface area (Å²) in [6.07, 6.45) is -17.7. The molecule has 2 atom stereocenters. The molecule has 1 nitrogen and oxygen atoms in total. The van der Waals surface area contributed by atoms with E-state index < -0.39 is 42.9 Å². The van der Waals surface area contributed by atoms with Crippen molar-refractivity contribution in [1.29, 1.82) is 0 Å². The molecule has 0 aliphatic carbocycles. The normalized spacial score (nSPS) is 16.2. The fourth-order valence-corrected chi connectivity index (χ4v) is 0.703. The molecule has 2 unspecified atom stereocenters. The van der Waals surface area contributed by atoms with Gasteiger partial charge in [0.1, 0.15) is 0 Å². The Morgan fingerprint density at radius 3 is 1.53 bits per heavy atom. The van der Waals surface area contributed by atoms with E-state index in [9.17, 15) is 48.3 Å². The first kappa shape index (κ1) is 17.8. The maximum Gasteiger partial charge on any atom is 0.378 e. The van der Waals surface area contributed by atoms with Gasteiger partial charge < -0.3 is 4.74 Å². The number of halogens is 11. The summed E-state index contributed by atoms with van der Waals surface area (Å²) in [5.74, 6) is -12.6. The van der Waals surface area contributed by atoms with E-state index in [4.69, 9.17) is 0 Å². The second-order valence-electron chi connectivity index (χ2n) is 2.95. The van der Waals surface area contributed by atoms with Crippen molar-refractivity contribution in [3.63, 3.8) is 0 Å². The number of hydrogen-bond donors (Lipinski definition) is 0. The van der Waals surface area contributed by atoms with Gasteiger partial charge in [0.15, 0.2) is 0 Å². The van der Waals surface area contributed by atoms with Crippen molar-refractivity contribution in [2.24, 2.45) is 0 Å². The number of alkyl halides is 8. The molecular formula is C7H3F11O. The zero-order valence-corrected chi connectivity index (χ0v) is 8.30. The molecule has 0 fully saturated rings. The lowest BCUT2D eigenvalue weighted by molar-refractivity contribution is -0.316. The number of rotatable bonds is 6. The van der Waals surface area contributed by atoms with Crippen LogP contribution >= 0.6 is 0 Å². The van der Waals surface area contributed by atoms with Gasteiger partial charge in [-0.05, 0) is 0 Å². The molecule has 0 aliphatic heterocycles. The van der Waals surface area contributed by atoms with Gasteiger partial charge in [-0.15, -0.1) is 0 Å². The molecule has 0 N–H and O–H groups in total. The lowest BCUT2D eigenvalue weighted by Crippen LogP contribution is -2.56. The molecule has 0 saturated carbocycles. The number of hydrogen-bond acceptors (Lipinski definition) is 1. The molecule has 114 valence electrons. The van der Waals surface area contributed by atoms with Crippen LogP contribution in [0.25, 0.3) is 0 Å². The molecule has 0 spiro atoms. The maximum absolute atomic E-state index is 12.6. The van der Waals surface area contributed by atoms with Crippen molar-refractivity contribution >= 4 is 0 Å². The SMILES string of the molecule is FC(F)=C(F)OC(F)C(F)(F)C(F)(F)C(F)C(F)F. The highest BCUT2D eigenvalue weighted by Crippen LogP contribution is 2.44. The van der Waals surface area contributed by atoms with Gasteiger partial charge in [0.2, 0.25) is 6.17 Å². The fourth-order valence-electron chi connectivity index (χ4n) is 0.703. The first-order valence-electron chi connectivity index (χ1n) is 4.05. The maximum atomic E-state index is 12.6. The van der Waals surface area contributed by atoms with Crippen LogP contribution in [0, 0.1) is 0 Å². The predicted molar refractivity (Wildman–Crippen MR) is 37.1 cm³/mol. The summed E-state index contributed by atoms with van der Waals surface area (Å²) in [5.41, 5.74) is 0. The molecule has 0 saturated heterocycles.